The third kappa shape index (κ3) is 6.44. The highest BCUT2D eigenvalue weighted by Crippen LogP contribution is 2.23. The second kappa shape index (κ2) is 10.8. The summed E-state index contributed by atoms with van der Waals surface area (Å²) in [6.07, 6.45) is 2.45. The number of likely N-dealkylation sites (tertiary alicyclic amines) is 1. The van der Waals surface area contributed by atoms with E-state index in [1.807, 2.05) is 72.8 Å². The zero-order valence-corrected chi connectivity index (χ0v) is 18.7. The lowest BCUT2D eigenvalue weighted by atomic mass is 10.1. The van der Waals surface area contributed by atoms with Crippen LogP contribution in [0.3, 0.4) is 0 Å². The summed E-state index contributed by atoms with van der Waals surface area (Å²) in [7, 11) is 1.73. The Morgan fingerprint density at radius 2 is 1.73 bits per heavy atom. The van der Waals surface area contributed by atoms with Crippen LogP contribution in [0, 0.1) is 0 Å². The van der Waals surface area contributed by atoms with Crippen molar-refractivity contribution in [2.45, 2.75) is 19.1 Å². The molecule has 0 saturated carbocycles. The van der Waals surface area contributed by atoms with E-state index >= 15 is 0 Å². The maximum absolute atomic E-state index is 12.7. The Morgan fingerprint density at radius 1 is 1.03 bits per heavy atom. The molecule has 4 rings (SSSR count). The smallest absolute Gasteiger partial charge is 0.271 e. The van der Waals surface area contributed by atoms with Gasteiger partial charge in [-0.3, -0.25) is 9.69 Å². The predicted molar refractivity (Wildman–Crippen MR) is 131 cm³/mol. The number of carbonyl (C=O) groups excluding carboxylic acids is 1. The van der Waals surface area contributed by atoms with E-state index in [0.717, 1.165) is 37.4 Å². The second-order valence-electron chi connectivity index (χ2n) is 8.12. The van der Waals surface area contributed by atoms with Crippen molar-refractivity contribution in [2.24, 2.45) is 0 Å². The Morgan fingerprint density at radius 3 is 2.36 bits per heavy atom. The van der Waals surface area contributed by atoms with E-state index in [0.29, 0.717) is 17.1 Å². The van der Waals surface area contributed by atoms with Crippen molar-refractivity contribution in [1.82, 2.24) is 10.2 Å². The van der Waals surface area contributed by atoms with Crippen LogP contribution in [0.2, 0.25) is 0 Å². The summed E-state index contributed by atoms with van der Waals surface area (Å²) in [5.74, 6) is 1.25. The first-order chi connectivity index (χ1) is 16.1. The van der Waals surface area contributed by atoms with E-state index in [9.17, 15) is 9.90 Å². The van der Waals surface area contributed by atoms with Crippen molar-refractivity contribution in [3.63, 3.8) is 0 Å². The third-order valence-electron chi connectivity index (χ3n) is 5.55. The van der Waals surface area contributed by atoms with Crippen LogP contribution in [0.15, 0.2) is 84.6 Å². The first-order valence-electron chi connectivity index (χ1n) is 11.1. The van der Waals surface area contributed by atoms with E-state index < -0.39 is 0 Å². The minimum absolute atomic E-state index is 0.212. The molecule has 0 radical (unpaired) electrons. The highest BCUT2D eigenvalue weighted by molar-refractivity contribution is 6.06. The number of para-hydroxylation sites is 1. The van der Waals surface area contributed by atoms with Crippen molar-refractivity contribution < 1.29 is 14.6 Å². The summed E-state index contributed by atoms with van der Waals surface area (Å²) >= 11 is 0. The van der Waals surface area contributed by atoms with E-state index in [-0.39, 0.29) is 12.0 Å². The average Bonchev–Trinajstić information content (AvgIpc) is 3.25. The quantitative estimate of drug-likeness (QED) is 0.454. The molecule has 0 bridgehead atoms. The highest BCUT2D eigenvalue weighted by atomic mass is 16.5. The number of rotatable bonds is 8. The van der Waals surface area contributed by atoms with Crippen LogP contribution < -0.4 is 15.4 Å². The Hall–Kier alpha value is -3.61. The number of nitrogens with zero attached hydrogens (tertiary/aromatic N) is 1. The van der Waals surface area contributed by atoms with Gasteiger partial charge in [-0.15, -0.1) is 0 Å². The van der Waals surface area contributed by atoms with Crippen molar-refractivity contribution in [2.75, 3.05) is 25.5 Å². The predicted octanol–water partition coefficient (Wildman–Crippen LogP) is 4.24. The van der Waals surface area contributed by atoms with Gasteiger partial charge in [-0.05, 0) is 60.0 Å². The van der Waals surface area contributed by atoms with Crippen LogP contribution in [0.1, 0.15) is 17.5 Å². The lowest BCUT2D eigenvalue weighted by Crippen LogP contribution is -2.23. The molecule has 1 aliphatic heterocycles. The van der Waals surface area contributed by atoms with Gasteiger partial charge >= 0.3 is 0 Å². The Kier molecular flexibility index (Phi) is 7.40. The number of hydrogen-bond acceptors (Lipinski definition) is 5. The number of amides is 1. The molecule has 6 heteroatoms. The van der Waals surface area contributed by atoms with Crippen molar-refractivity contribution in [1.29, 1.82) is 0 Å². The number of likely N-dealkylation sites (N-methyl/N-ethyl adjacent to an activating group) is 1. The summed E-state index contributed by atoms with van der Waals surface area (Å²) < 4.78 is 5.79. The summed E-state index contributed by atoms with van der Waals surface area (Å²) in [6, 6.07) is 25.0. The fourth-order valence-corrected chi connectivity index (χ4v) is 3.78. The molecular formula is C27H29N3O3. The Bertz CT molecular complexity index is 1080. The van der Waals surface area contributed by atoms with Gasteiger partial charge in [0.15, 0.2) is 0 Å². The van der Waals surface area contributed by atoms with E-state index in [2.05, 4.69) is 27.7 Å². The number of carbonyl (C=O) groups is 1. The first-order valence-corrected chi connectivity index (χ1v) is 11.1. The number of ether oxygens (including phenoxy) is 1. The van der Waals surface area contributed by atoms with Crippen LogP contribution in [0.25, 0.3) is 6.08 Å². The van der Waals surface area contributed by atoms with Crippen molar-refractivity contribution in [3.8, 4) is 11.5 Å². The standard InChI is InChI=1S/C27H29N3O3/c1-28-26(17-20-7-9-21(10-8-20)18-30-16-15-23(31)19-30)27(32)29-22-11-13-25(14-12-22)33-24-5-3-2-4-6-24/h2-14,17,23,28,31H,15-16,18-19H2,1H3,(H,29,32)/b26-17-. The van der Waals surface area contributed by atoms with Crippen LogP contribution in [0.4, 0.5) is 5.69 Å². The molecule has 170 valence electrons. The lowest BCUT2D eigenvalue weighted by Gasteiger charge is -2.15. The molecule has 6 nitrogen and oxygen atoms in total. The molecule has 3 aromatic rings. The average molecular weight is 444 g/mol. The first kappa shape index (κ1) is 22.6. The second-order valence-corrected chi connectivity index (χ2v) is 8.12. The molecule has 33 heavy (non-hydrogen) atoms. The van der Waals surface area contributed by atoms with Gasteiger partial charge in [-0.2, -0.15) is 0 Å². The molecule has 3 N–H and O–H groups in total. The van der Waals surface area contributed by atoms with Crippen LogP contribution in [-0.2, 0) is 11.3 Å². The van der Waals surface area contributed by atoms with E-state index in [4.69, 9.17) is 4.74 Å². The lowest BCUT2D eigenvalue weighted by molar-refractivity contribution is -0.113. The van der Waals surface area contributed by atoms with Gasteiger partial charge in [-0.1, -0.05) is 42.5 Å². The zero-order valence-electron chi connectivity index (χ0n) is 18.7. The van der Waals surface area contributed by atoms with Gasteiger partial charge in [0.25, 0.3) is 5.91 Å². The molecule has 1 amide bonds. The molecule has 0 aromatic heterocycles. The monoisotopic (exact) mass is 443 g/mol. The Balaban J connectivity index is 1.35. The molecule has 1 unspecified atom stereocenters. The fraction of sp³-hybridized carbons (Fsp3) is 0.222. The minimum Gasteiger partial charge on any atom is -0.457 e. The number of aliphatic hydroxyl groups excluding tert-OH is 1. The SMILES string of the molecule is CN/C(=C\c1ccc(CN2CCC(O)C2)cc1)C(=O)Nc1ccc(Oc2ccccc2)cc1. The topological polar surface area (TPSA) is 73.8 Å². The van der Waals surface area contributed by atoms with Crippen molar-refractivity contribution >= 4 is 17.7 Å². The normalized spacial score (nSPS) is 16.4. The summed E-state index contributed by atoms with van der Waals surface area (Å²) in [5.41, 5.74) is 3.28. The highest BCUT2D eigenvalue weighted by Gasteiger charge is 2.19. The van der Waals surface area contributed by atoms with Crippen LogP contribution >= 0.6 is 0 Å². The summed E-state index contributed by atoms with van der Waals surface area (Å²) in [5, 5.41) is 15.6. The molecule has 0 spiro atoms. The molecule has 1 atom stereocenters. The number of β-amino-alcohol motifs (C(OH)–C–C–N with tert-alkyl or cyclic N) is 1. The number of aliphatic hydroxyl groups is 1. The minimum atomic E-state index is -0.218. The largest absolute Gasteiger partial charge is 0.457 e. The molecule has 1 aliphatic rings. The number of hydrogen-bond donors (Lipinski definition) is 3. The van der Waals surface area contributed by atoms with Gasteiger partial charge in [0, 0.05) is 32.4 Å². The summed E-state index contributed by atoms with van der Waals surface area (Å²) in [6.45, 7) is 2.47. The molecule has 1 saturated heterocycles. The molecule has 1 fully saturated rings. The van der Waals surface area contributed by atoms with Gasteiger partial charge in [-0.25, -0.2) is 0 Å². The number of nitrogens with one attached hydrogen (secondary N) is 2. The molecule has 3 aromatic carbocycles. The zero-order chi connectivity index (χ0) is 23.0. The maximum atomic E-state index is 12.7. The fourth-order valence-electron chi connectivity index (χ4n) is 3.78. The van der Waals surface area contributed by atoms with Gasteiger partial charge in [0.05, 0.1) is 6.10 Å². The van der Waals surface area contributed by atoms with Crippen molar-refractivity contribution in [3.05, 3.63) is 95.7 Å². The van der Waals surface area contributed by atoms with Gasteiger partial charge in [0.2, 0.25) is 0 Å². The Labute approximate surface area is 194 Å². The number of benzene rings is 3. The van der Waals surface area contributed by atoms with Gasteiger partial charge in [0.1, 0.15) is 17.2 Å². The third-order valence-corrected chi connectivity index (χ3v) is 5.55. The maximum Gasteiger partial charge on any atom is 0.271 e. The van der Waals surface area contributed by atoms with Gasteiger partial charge < -0.3 is 20.5 Å². The molecule has 1 heterocycles. The van der Waals surface area contributed by atoms with Crippen LogP contribution in [0.5, 0.6) is 11.5 Å². The van der Waals surface area contributed by atoms with E-state index in [1.54, 1.807) is 7.05 Å². The van der Waals surface area contributed by atoms with E-state index in [1.165, 1.54) is 5.56 Å². The summed E-state index contributed by atoms with van der Waals surface area (Å²) in [4.78, 5) is 15.0. The number of anilines is 1. The molecular weight excluding hydrogens is 414 g/mol. The molecule has 0 aliphatic carbocycles. The van der Waals surface area contributed by atoms with Crippen LogP contribution in [-0.4, -0.2) is 42.2 Å².